The Bertz CT molecular complexity index is 1220. The minimum atomic E-state index is -4.58. The van der Waals surface area contributed by atoms with Crippen molar-refractivity contribution in [3.8, 4) is 11.1 Å². The van der Waals surface area contributed by atoms with Crippen LogP contribution in [0.4, 0.5) is 27.9 Å². The molecule has 0 bridgehead atoms. The molecule has 3 aromatic rings. The van der Waals surface area contributed by atoms with Crippen molar-refractivity contribution in [2.24, 2.45) is 5.92 Å². The van der Waals surface area contributed by atoms with E-state index in [1.165, 1.54) is 0 Å². The highest BCUT2D eigenvalue weighted by Gasteiger charge is 2.46. The Kier molecular flexibility index (Phi) is 6.92. The zero-order valence-electron chi connectivity index (χ0n) is 19.6. The van der Waals surface area contributed by atoms with Crippen molar-refractivity contribution < 1.29 is 26.7 Å². The summed E-state index contributed by atoms with van der Waals surface area (Å²) in [6.07, 6.45) is -3.74. The second-order valence-electron chi connectivity index (χ2n) is 8.93. The smallest absolute Gasteiger partial charge is 0.352 e. The number of rotatable bonds is 5. The maximum Gasteiger partial charge on any atom is 0.419 e. The average molecular weight is 505 g/mol. The first kappa shape index (κ1) is 25.5. The lowest BCUT2D eigenvalue weighted by Crippen LogP contribution is -2.57. The largest absolute Gasteiger partial charge is 0.419 e. The first-order valence-corrected chi connectivity index (χ1v) is 11.3. The number of halogens is 5. The van der Waals surface area contributed by atoms with E-state index in [4.69, 9.17) is 0 Å². The van der Waals surface area contributed by atoms with Crippen molar-refractivity contribution in [3.63, 3.8) is 0 Å². The van der Waals surface area contributed by atoms with Crippen LogP contribution < -0.4 is 5.32 Å². The molecule has 36 heavy (non-hydrogen) atoms. The zero-order chi connectivity index (χ0) is 26.1. The molecule has 1 aliphatic rings. The van der Waals surface area contributed by atoms with E-state index < -0.39 is 48.5 Å². The summed E-state index contributed by atoms with van der Waals surface area (Å²) in [5.41, 5.74) is 0.850. The molecule has 1 fully saturated rings. The Labute approximate surface area is 204 Å². The summed E-state index contributed by atoms with van der Waals surface area (Å²) in [4.78, 5) is 26.5. The number of aromatic nitrogens is 3. The highest BCUT2D eigenvalue weighted by Crippen LogP contribution is 2.36. The van der Waals surface area contributed by atoms with Gasteiger partial charge < -0.3 is 10.2 Å². The number of likely N-dealkylation sites (tertiary alicyclic amines) is 1. The second-order valence-corrected chi connectivity index (χ2v) is 8.93. The van der Waals surface area contributed by atoms with Gasteiger partial charge in [0.1, 0.15) is 5.69 Å². The molecular weight excluding hydrogens is 481 g/mol. The van der Waals surface area contributed by atoms with Gasteiger partial charge in [0, 0.05) is 36.6 Å². The Morgan fingerprint density at radius 2 is 1.78 bits per heavy atom. The molecule has 6 nitrogen and oxygen atoms in total. The van der Waals surface area contributed by atoms with E-state index in [1.54, 1.807) is 50.2 Å². The Hall–Kier alpha value is -3.63. The minimum Gasteiger partial charge on any atom is -0.352 e. The maximum atomic E-state index is 14.6. The van der Waals surface area contributed by atoms with Crippen molar-refractivity contribution in [1.82, 2.24) is 19.9 Å². The topological polar surface area (TPSA) is 71.0 Å². The van der Waals surface area contributed by atoms with Crippen LogP contribution in [-0.2, 0) is 6.18 Å². The predicted octanol–water partition coefficient (Wildman–Crippen LogP) is 5.46. The molecule has 0 aliphatic carbocycles. The van der Waals surface area contributed by atoms with Crippen LogP contribution in [0.15, 0.2) is 54.9 Å². The molecule has 4 rings (SSSR count). The third kappa shape index (κ3) is 5.60. The minimum absolute atomic E-state index is 0.0269. The van der Waals surface area contributed by atoms with Crippen LogP contribution in [0.25, 0.3) is 11.1 Å². The molecule has 2 aromatic heterocycles. The van der Waals surface area contributed by atoms with Crippen LogP contribution in [-0.4, -0.2) is 50.8 Å². The number of carbonyl (C=O) groups is 1. The number of piperidine rings is 1. The van der Waals surface area contributed by atoms with E-state index >= 15 is 0 Å². The molecule has 0 saturated carbocycles. The fraction of sp³-hybridized carbons (Fsp3) is 0.360. The monoisotopic (exact) mass is 505 g/mol. The van der Waals surface area contributed by atoms with Crippen LogP contribution in [0.5, 0.6) is 0 Å². The van der Waals surface area contributed by atoms with Gasteiger partial charge >= 0.3 is 6.18 Å². The fourth-order valence-electron chi connectivity index (χ4n) is 4.35. The number of nitrogens with one attached hydrogen (secondary N) is 1. The van der Waals surface area contributed by atoms with Crippen LogP contribution in [0.1, 0.15) is 35.1 Å². The molecular formula is C25H24F5N5O. The van der Waals surface area contributed by atoms with E-state index in [-0.39, 0.29) is 18.2 Å². The number of hydrogen-bond donors (Lipinski definition) is 1. The van der Waals surface area contributed by atoms with Crippen LogP contribution >= 0.6 is 0 Å². The highest BCUT2D eigenvalue weighted by atomic mass is 19.4. The summed E-state index contributed by atoms with van der Waals surface area (Å²) in [5, 5.41) is 2.80. The molecule has 0 unspecified atom stereocenters. The van der Waals surface area contributed by atoms with E-state index in [1.807, 2.05) is 6.07 Å². The quantitative estimate of drug-likeness (QED) is 0.466. The van der Waals surface area contributed by atoms with Crippen LogP contribution in [0.2, 0.25) is 0 Å². The van der Waals surface area contributed by atoms with E-state index in [9.17, 15) is 26.7 Å². The molecule has 1 aliphatic heterocycles. The standard InChI is InChI=1S/C25H24F5N5O/c1-15-10-24(26,27)14-35(20(15)13-33-23-31-11-18(12-32-23)25(28,29)30)22(36)21-19(9-8-16(2)34-21)17-6-4-3-5-7-17/h3-9,11-12,15,20H,10,13-14H2,1-2H3,(H,31,32,33)/t15-,20-/m1/s1. The van der Waals surface area contributed by atoms with E-state index in [0.717, 1.165) is 10.5 Å². The number of nitrogens with zero attached hydrogens (tertiary/aromatic N) is 4. The highest BCUT2D eigenvalue weighted by molar-refractivity contribution is 5.99. The van der Waals surface area contributed by atoms with Gasteiger partial charge in [-0.3, -0.25) is 4.79 Å². The van der Waals surface area contributed by atoms with Gasteiger partial charge in [-0.15, -0.1) is 0 Å². The van der Waals surface area contributed by atoms with Crippen LogP contribution in [0.3, 0.4) is 0 Å². The summed E-state index contributed by atoms with van der Waals surface area (Å²) in [6.45, 7) is 2.48. The predicted molar refractivity (Wildman–Crippen MR) is 123 cm³/mol. The normalized spacial score (nSPS) is 19.7. The first-order chi connectivity index (χ1) is 16.9. The van der Waals surface area contributed by atoms with Gasteiger partial charge in [0.2, 0.25) is 5.95 Å². The molecule has 3 heterocycles. The molecule has 0 radical (unpaired) electrons. The molecule has 1 amide bonds. The number of hydrogen-bond acceptors (Lipinski definition) is 5. The van der Waals surface area contributed by atoms with Gasteiger partial charge in [0.05, 0.1) is 18.2 Å². The maximum absolute atomic E-state index is 14.6. The molecule has 1 N–H and O–H groups in total. The number of alkyl halides is 5. The van der Waals surface area contributed by atoms with Gasteiger partial charge in [-0.25, -0.2) is 23.7 Å². The Morgan fingerprint density at radius 3 is 2.42 bits per heavy atom. The lowest BCUT2D eigenvalue weighted by atomic mass is 9.87. The lowest BCUT2D eigenvalue weighted by molar-refractivity contribution is -0.138. The molecule has 11 heteroatoms. The van der Waals surface area contributed by atoms with Crippen molar-refractivity contribution in [1.29, 1.82) is 0 Å². The molecule has 1 aromatic carbocycles. The van der Waals surface area contributed by atoms with Crippen molar-refractivity contribution in [3.05, 3.63) is 71.8 Å². The average Bonchev–Trinajstić information content (AvgIpc) is 2.82. The number of aryl methyl sites for hydroxylation is 1. The summed E-state index contributed by atoms with van der Waals surface area (Å²) < 4.78 is 67.6. The summed E-state index contributed by atoms with van der Waals surface area (Å²) in [6, 6.07) is 11.8. The van der Waals surface area contributed by atoms with Gasteiger partial charge in [0.15, 0.2) is 0 Å². The number of carbonyl (C=O) groups excluding carboxylic acids is 1. The zero-order valence-corrected chi connectivity index (χ0v) is 19.6. The molecule has 190 valence electrons. The summed E-state index contributed by atoms with van der Waals surface area (Å²) in [5.74, 6) is -4.47. The number of anilines is 1. The first-order valence-electron chi connectivity index (χ1n) is 11.3. The molecule has 2 atom stereocenters. The van der Waals surface area contributed by atoms with E-state index in [0.29, 0.717) is 23.7 Å². The second kappa shape index (κ2) is 9.79. The fourth-order valence-corrected chi connectivity index (χ4v) is 4.35. The van der Waals surface area contributed by atoms with Crippen molar-refractivity contribution in [2.75, 3.05) is 18.4 Å². The van der Waals surface area contributed by atoms with Crippen LogP contribution in [0, 0.1) is 12.8 Å². The molecule has 0 spiro atoms. The third-order valence-corrected chi connectivity index (χ3v) is 6.11. The van der Waals surface area contributed by atoms with Gasteiger partial charge in [-0.2, -0.15) is 13.2 Å². The Morgan fingerprint density at radius 1 is 1.11 bits per heavy atom. The van der Waals surface area contributed by atoms with Gasteiger partial charge in [-0.1, -0.05) is 43.3 Å². The van der Waals surface area contributed by atoms with Gasteiger partial charge in [-0.05, 0) is 24.5 Å². The van der Waals surface area contributed by atoms with Crippen molar-refractivity contribution in [2.45, 2.75) is 38.4 Å². The number of pyridine rings is 1. The van der Waals surface area contributed by atoms with E-state index in [2.05, 4.69) is 20.3 Å². The SMILES string of the molecule is Cc1ccc(-c2ccccc2)c(C(=O)N2CC(F)(F)C[C@@H](C)[C@H]2CNc2ncc(C(F)(F)F)cn2)n1. The number of amides is 1. The molecule has 1 saturated heterocycles. The Balaban J connectivity index is 1.63. The summed E-state index contributed by atoms with van der Waals surface area (Å²) >= 11 is 0. The third-order valence-electron chi connectivity index (χ3n) is 6.11. The van der Waals surface area contributed by atoms with Crippen molar-refractivity contribution >= 4 is 11.9 Å². The van der Waals surface area contributed by atoms with Gasteiger partial charge in [0.25, 0.3) is 11.8 Å². The summed E-state index contributed by atoms with van der Waals surface area (Å²) in [7, 11) is 0. The lowest BCUT2D eigenvalue weighted by Gasteiger charge is -2.43. The number of benzene rings is 1.